The average molecular weight is 336 g/mol. The Bertz CT molecular complexity index is 530. The molecule has 0 radical (unpaired) electrons. The van der Waals surface area contributed by atoms with Gasteiger partial charge in [-0.1, -0.05) is 6.92 Å². The van der Waals surface area contributed by atoms with Crippen molar-refractivity contribution in [3.8, 4) is 0 Å². The van der Waals surface area contributed by atoms with Crippen LogP contribution in [0.25, 0.3) is 0 Å². The van der Waals surface area contributed by atoms with Crippen molar-refractivity contribution in [2.75, 3.05) is 0 Å². The van der Waals surface area contributed by atoms with Gasteiger partial charge in [-0.15, -0.1) is 0 Å². The first-order chi connectivity index (χ1) is 11.2. The van der Waals surface area contributed by atoms with Crippen molar-refractivity contribution >= 4 is 5.78 Å². The summed E-state index contributed by atoms with van der Waals surface area (Å²) in [5, 5.41) is 10.4. The molecule has 0 amide bonds. The minimum absolute atomic E-state index is 0.0596. The lowest BCUT2D eigenvalue weighted by Crippen LogP contribution is -2.54. The van der Waals surface area contributed by atoms with Gasteiger partial charge in [-0.05, 0) is 100 Å². The first-order valence-electron chi connectivity index (χ1n) is 10.1. The molecule has 4 rings (SSSR count). The standard InChI is InChI=1S/C21H33FO2/c1-12(23)17-4-5-18-15-10-19(22)16-11-20(2,24)8-6-14(16)13(15)7-9-21(17,18)3/h13-19,24H,4-11H2,1-3H3/t13-,14-,15-,16+,17-,18+,19-,20+,21-/m1/s1. The predicted molar refractivity (Wildman–Crippen MR) is 92.2 cm³/mol. The fraction of sp³-hybridized carbons (Fsp3) is 0.952. The van der Waals surface area contributed by atoms with Gasteiger partial charge in [0, 0.05) is 5.92 Å². The lowest BCUT2D eigenvalue weighted by atomic mass is 9.48. The molecule has 0 aromatic rings. The van der Waals surface area contributed by atoms with Crippen LogP contribution >= 0.6 is 0 Å². The van der Waals surface area contributed by atoms with Crippen LogP contribution in [0, 0.1) is 40.9 Å². The number of halogens is 1. The second-order valence-electron chi connectivity index (χ2n) is 10.0. The van der Waals surface area contributed by atoms with E-state index < -0.39 is 11.8 Å². The van der Waals surface area contributed by atoms with E-state index in [4.69, 9.17) is 0 Å². The van der Waals surface area contributed by atoms with Crippen molar-refractivity contribution in [2.24, 2.45) is 40.9 Å². The summed E-state index contributed by atoms with van der Waals surface area (Å²) < 4.78 is 15.1. The van der Waals surface area contributed by atoms with Crippen LogP contribution in [0.3, 0.4) is 0 Å². The number of alkyl halides is 1. The SMILES string of the molecule is CC(=O)[C@H]1CC[C@H]2[C@@H]3C[C@@H](F)[C@H]4C[C@@](C)(O)CC[C@@H]4[C@H]3CC[C@]12C. The van der Waals surface area contributed by atoms with Gasteiger partial charge in [0.05, 0.1) is 5.60 Å². The van der Waals surface area contributed by atoms with Crippen LogP contribution in [0.2, 0.25) is 0 Å². The molecule has 9 atom stereocenters. The molecule has 1 N–H and O–H groups in total. The van der Waals surface area contributed by atoms with Gasteiger partial charge in [0.2, 0.25) is 0 Å². The summed E-state index contributed by atoms with van der Waals surface area (Å²) in [7, 11) is 0. The summed E-state index contributed by atoms with van der Waals surface area (Å²) in [4.78, 5) is 12.1. The predicted octanol–water partition coefficient (Wildman–Crippen LogP) is 4.54. The molecule has 4 saturated carbocycles. The highest BCUT2D eigenvalue weighted by Crippen LogP contribution is 2.64. The number of hydrogen-bond donors (Lipinski definition) is 1. The summed E-state index contributed by atoms with van der Waals surface area (Å²) in [6.07, 6.45) is 6.79. The van der Waals surface area contributed by atoms with E-state index in [-0.39, 0.29) is 17.3 Å². The number of Topliss-reactive ketones (excluding diaryl/α,β-unsaturated/α-hetero) is 1. The highest BCUT2D eigenvalue weighted by Gasteiger charge is 2.60. The summed E-state index contributed by atoms with van der Waals surface area (Å²) in [5.41, 5.74) is -0.561. The van der Waals surface area contributed by atoms with Crippen LogP contribution < -0.4 is 0 Å². The summed E-state index contributed by atoms with van der Waals surface area (Å²) in [6, 6.07) is 0. The van der Waals surface area contributed by atoms with Crippen LogP contribution in [0.1, 0.15) is 72.1 Å². The van der Waals surface area contributed by atoms with Crippen molar-refractivity contribution in [1.82, 2.24) is 0 Å². The zero-order chi connectivity index (χ0) is 17.3. The fourth-order valence-electron chi connectivity index (χ4n) is 7.67. The Balaban J connectivity index is 1.60. The molecular weight excluding hydrogens is 303 g/mol. The van der Waals surface area contributed by atoms with Crippen LogP contribution in [0.5, 0.6) is 0 Å². The molecule has 4 fully saturated rings. The molecule has 0 aliphatic heterocycles. The summed E-state index contributed by atoms with van der Waals surface area (Å²) >= 11 is 0. The molecule has 0 aromatic heterocycles. The van der Waals surface area contributed by atoms with E-state index in [1.54, 1.807) is 6.92 Å². The Labute approximate surface area is 145 Å². The molecule has 4 aliphatic rings. The fourth-order valence-corrected chi connectivity index (χ4v) is 7.67. The third-order valence-electron chi connectivity index (χ3n) is 8.74. The number of fused-ring (bicyclic) bond motifs is 5. The summed E-state index contributed by atoms with van der Waals surface area (Å²) in [6.45, 7) is 5.95. The van der Waals surface area contributed by atoms with E-state index in [1.165, 1.54) is 0 Å². The highest BCUT2D eigenvalue weighted by atomic mass is 19.1. The van der Waals surface area contributed by atoms with Gasteiger partial charge in [-0.2, -0.15) is 0 Å². The van der Waals surface area contributed by atoms with Crippen molar-refractivity contribution in [2.45, 2.75) is 83.9 Å². The molecule has 136 valence electrons. The Hall–Kier alpha value is -0.440. The number of carbonyl (C=O) groups excluding carboxylic acids is 1. The lowest BCUT2D eigenvalue weighted by molar-refractivity contribution is -0.137. The maximum absolute atomic E-state index is 15.1. The number of aliphatic hydroxyl groups is 1. The molecule has 0 spiro atoms. The van der Waals surface area contributed by atoms with Crippen molar-refractivity contribution in [3.63, 3.8) is 0 Å². The van der Waals surface area contributed by atoms with Gasteiger partial charge in [-0.3, -0.25) is 4.79 Å². The van der Waals surface area contributed by atoms with E-state index in [2.05, 4.69) is 6.92 Å². The Morgan fingerprint density at radius 3 is 2.38 bits per heavy atom. The minimum atomic E-state index is -0.762. The van der Waals surface area contributed by atoms with Crippen LogP contribution in [0.15, 0.2) is 0 Å². The van der Waals surface area contributed by atoms with E-state index in [9.17, 15) is 9.90 Å². The first-order valence-corrected chi connectivity index (χ1v) is 10.1. The van der Waals surface area contributed by atoms with Gasteiger partial charge in [0.15, 0.2) is 0 Å². The normalized spacial score (nSPS) is 57.0. The van der Waals surface area contributed by atoms with Gasteiger partial charge in [0.25, 0.3) is 0 Å². The summed E-state index contributed by atoms with van der Waals surface area (Å²) in [5.74, 6) is 2.69. The van der Waals surface area contributed by atoms with Crippen LogP contribution in [-0.2, 0) is 4.79 Å². The van der Waals surface area contributed by atoms with Crippen molar-refractivity contribution in [1.29, 1.82) is 0 Å². The van der Waals surface area contributed by atoms with Crippen LogP contribution in [-0.4, -0.2) is 22.7 Å². The van der Waals surface area contributed by atoms with Gasteiger partial charge < -0.3 is 5.11 Å². The third-order valence-corrected chi connectivity index (χ3v) is 8.74. The van der Waals surface area contributed by atoms with E-state index in [1.807, 2.05) is 6.92 Å². The molecule has 0 unspecified atom stereocenters. The molecule has 0 saturated heterocycles. The molecule has 24 heavy (non-hydrogen) atoms. The zero-order valence-electron chi connectivity index (χ0n) is 15.4. The number of ketones is 1. The number of rotatable bonds is 1. The van der Waals surface area contributed by atoms with E-state index >= 15 is 4.39 Å². The van der Waals surface area contributed by atoms with Gasteiger partial charge >= 0.3 is 0 Å². The van der Waals surface area contributed by atoms with Crippen LogP contribution in [0.4, 0.5) is 4.39 Å². The largest absolute Gasteiger partial charge is 0.390 e. The maximum atomic E-state index is 15.1. The Morgan fingerprint density at radius 1 is 1.00 bits per heavy atom. The first kappa shape index (κ1) is 17.0. The quantitative estimate of drug-likeness (QED) is 0.763. The minimum Gasteiger partial charge on any atom is -0.390 e. The van der Waals surface area contributed by atoms with Gasteiger partial charge in [-0.25, -0.2) is 4.39 Å². The second-order valence-corrected chi connectivity index (χ2v) is 10.0. The highest BCUT2D eigenvalue weighted by molar-refractivity contribution is 5.79. The molecule has 4 aliphatic carbocycles. The molecule has 0 heterocycles. The third kappa shape index (κ3) is 2.40. The molecule has 0 aromatic carbocycles. The van der Waals surface area contributed by atoms with E-state index in [0.29, 0.717) is 42.3 Å². The number of carbonyl (C=O) groups is 1. The van der Waals surface area contributed by atoms with Crippen molar-refractivity contribution in [3.05, 3.63) is 0 Å². The Morgan fingerprint density at radius 2 is 1.67 bits per heavy atom. The number of hydrogen-bond acceptors (Lipinski definition) is 2. The van der Waals surface area contributed by atoms with Crippen molar-refractivity contribution < 1.29 is 14.3 Å². The van der Waals surface area contributed by atoms with E-state index in [0.717, 1.165) is 38.5 Å². The lowest BCUT2D eigenvalue weighted by Gasteiger charge is -2.57. The molecule has 0 bridgehead atoms. The average Bonchev–Trinajstić information content (AvgIpc) is 2.85. The second kappa shape index (κ2) is 5.53. The molecular formula is C21H33FO2. The molecule has 3 heteroatoms. The monoisotopic (exact) mass is 336 g/mol. The topological polar surface area (TPSA) is 37.3 Å². The smallest absolute Gasteiger partial charge is 0.133 e. The van der Waals surface area contributed by atoms with Gasteiger partial charge in [0.1, 0.15) is 12.0 Å². The molecule has 2 nitrogen and oxygen atoms in total. The Kier molecular flexibility index (Phi) is 3.91. The maximum Gasteiger partial charge on any atom is 0.133 e. The zero-order valence-corrected chi connectivity index (χ0v) is 15.4.